The van der Waals surface area contributed by atoms with E-state index < -0.39 is 10.8 Å². The maximum Gasteiger partial charge on any atom is 0.273 e. The van der Waals surface area contributed by atoms with Crippen molar-refractivity contribution in [1.82, 2.24) is 5.43 Å². The Balaban J connectivity index is 1.69. The minimum Gasteiger partial charge on any atom is -0.490 e. The first-order valence-corrected chi connectivity index (χ1v) is 11.0. The normalized spacial score (nSPS) is 10.8. The van der Waals surface area contributed by atoms with E-state index in [1.807, 2.05) is 6.92 Å². The predicted molar refractivity (Wildman–Crippen MR) is 129 cm³/mol. The Morgan fingerprint density at radius 2 is 1.79 bits per heavy atom. The van der Waals surface area contributed by atoms with Gasteiger partial charge in [-0.3, -0.25) is 14.9 Å². The van der Waals surface area contributed by atoms with Crippen molar-refractivity contribution in [3.63, 3.8) is 0 Å². The van der Waals surface area contributed by atoms with Crippen LogP contribution < -0.4 is 14.9 Å². The molecule has 0 saturated carbocycles. The Hall–Kier alpha value is -3.79. The standard InChI is InChI=1S/C24H21BrFN3O5/c1-2-33-22-11-18(19(25)13-23(22)34-15-17-8-3-5-9-20(17)26)14-27-28-24(30)12-16-7-4-6-10-21(16)29(31)32/h3-11,13-14H,2,12,15H2,1H3,(H,28,30)/b27-14+. The molecule has 3 aromatic carbocycles. The minimum atomic E-state index is -0.534. The highest BCUT2D eigenvalue weighted by atomic mass is 79.9. The summed E-state index contributed by atoms with van der Waals surface area (Å²) in [5, 5.41) is 15.0. The van der Waals surface area contributed by atoms with Crippen LogP contribution in [0.2, 0.25) is 0 Å². The van der Waals surface area contributed by atoms with Crippen molar-refractivity contribution in [2.24, 2.45) is 5.10 Å². The van der Waals surface area contributed by atoms with Gasteiger partial charge < -0.3 is 9.47 Å². The van der Waals surface area contributed by atoms with Crippen molar-refractivity contribution in [2.75, 3.05) is 6.61 Å². The van der Waals surface area contributed by atoms with E-state index in [4.69, 9.17) is 9.47 Å². The summed E-state index contributed by atoms with van der Waals surface area (Å²) in [6, 6.07) is 15.7. The van der Waals surface area contributed by atoms with Gasteiger partial charge in [-0.1, -0.05) is 36.4 Å². The number of nitrogens with one attached hydrogen (secondary N) is 1. The first kappa shape index (κ1) is 24.8. The van der Waals surface area contributed by atoms with Crippen molar-refractivity contribution >= 4 is 33.7 Å². The van der Waals surface area contributed by atoms with Crippen molar-refractivity contribution in [3.05, 3.63) is 97.8 Å². The van der Waals surface area contributed by atoms with Gasteiger partial charge in [0, 0.05) is 27.2 Å². The van der Waals surface area contributed by atoms with E-state index in [2.05, 4.69) is 26.5 Å². The Bertz CT molecular complexity index is 1220. The van der Waals surface area contributed by atoms with Crippen LogP contribution in [0.4, 0.5) is 10.1 Å². The smallest absolute Gasteiger partial charge is 0.273 e. The summed E-state index contributed by atoms with van der Waals surface area (Å²) in [5.74, 6) is -0.0272. The Labute approximate surface area is 203 Å². The van der Waals surface area contributed by atoms with Gasteiger partial charge in [-0.15, -0.1) is 0 Å². The number of nitrogens with zero attached hydrogens (tertiary/aromatic N) is 2. The van der Waals surface area contributed by atoms with E-state index in [1.54, 1.807) is 36.4 Å². The molecule has 0 spiro atoms. The first-order valence-electron chi connectivity index (χ1n) is 10.3. The van der Waals surface area contributed by atoms with Crippen LogP contribution in [0.1, 0.15) is 23.6 Å². The fourth-order valence-corrected chi connectivity index (χ4v) is 3.45. The van der Waals surface area contributed by atoms with Gasteiger partial charge in [-0.25, -0.2) is 9.82 Å². The molecule has 34 heavy (non-hydrogen) atoms. The highest BCUT2D eigenvalue weighted by Gasteiger charge is 2.15. The average molecular weight is 530 g/mol. The number of nitro groups is 1. The van der Waals surface area contributed by atoms with Crippen LogP contribution in [-0.4, -0.2) is 23.7 Å². The van der Waals surface area contributed by atoms with Gasteiger partial charge in [-0.2, -0.15) is 5.10 Å². The zero-order valence-electron chi connectivity index (χ0n) is 18.2. The van der Waals surface area contributed by atoms with Gasteiger partial charge in [0.15, 0.2) is 11.5 Å². The van der Waals surface area contributed by atoms with Crippen molar-refractivity contribution in [2.45, 2.75) is 20.0 Å². The number of para-hydroxylation sites is 1. The van der Waals surface area contributed by atoms with Crippen LogP contribution in [0, 0.1) is 15.9 Å². The SMILES string of the molecule is CCOc1cc(/C=N/NC(=O)Cc2ccccc2[N+](=O)[O-])c(Br)cc1OCc1ccccc1F. The van der Waals surface area contributed by atoms with Gasteiger partial charge in [0.25, 0.3) is 5.69 Å². The van der Waals surface area contributed by atoms with Crippen molar-refractivity contribution in [1.29, 1.82) is 0 Å². The number of halogens is 2. The second-order valence-electron chi connectivity index (χ2n) is 6.99. The number of amides is 1. The molecule has 0 unspecified atom stereocenters. The zero-order chi connectivity index (χ0) is 24.5. The highest BCUT2D eigenvalue weighted by Crippen LogP contribution is 2.34. The second-order valence-corrected chi connectivity index (χ2v) is 7.84. The number of carbonyl (C=O) groups excluding carboxylic acids is 1. The molecule has 0 radical (unpaired) electrons. The van der Waals surface area contributed by atoms with E-state index in [0.717, 1.165) is 0 Å². The first-order chi connectivity index (χ1) is 16.4. The summed E-state index contributed by atoms with van der Waals surface area (Å²) in [5.41, 5.74) is 3.53. The predicted octanol–water partition coefficient (Wildman–Crippen LogP) is 5.17. The number of hydrogen-bond acceptors (Lipinski definition) is 6. The fraction of sp³-hybridized carbons (Fsp3) is 0.167. The zero-order valence-corrected chi connectivity index (χ0v) is 19.7. The lowest BCUT2D eigenvalue weighted by atomic mass is 10.1. The van der Waals surface area contributed by atoms with Crippen molar-refractivity contribution < 1.29 is 23.6 Å². The van der Waals surface area contributed by atoms with Gasteiger partial charge in [0.2, 0.25) is 5.91 Å². The molecule has 0 aliphatic heterocycles. The van der Waals surface area contributed by atoms with E-state index in [0.29, 0.717) is 33.7 Å². The molecule has 1 amide bonds. The second kappa shape index (κ2) is 11.9. The quantitative estimate of drug-likeness (QED) is 0.222. The van der Waals surface area contributed by atoms with Crippen LogP contribution in [0.3, 0.4) is 0 Å². The van der Waals surface area contributed by atoms with E-state index in [1.165, 1.54) is 30.5 Å². The third kappa shape index (κ3) is 6.61. The van der Waals surface area contributed by atoms with Crippen LogP contribution in [-0.2, 0) is 17.8 Å². The summed E-state index contributed by atoms with van der Waals surface area (Å²) in [6.45, 7) is 2.22. The Morgan fingerprint density at radius 1 is 1.12 bits per heavy atom. The van der Waals surface area contributed by atoms with Gasteiger partial charge in [0.05, 0.1) is 24.2 Å². The lowest BCUT2D eigenvalue weighted by molar-refractivity contribution is -0.385. The molecule has 176 valence electrons. The number of carbonyl (C=O) groups is 1. The van der Waals surface area contributed by atoms with Crippen LogP contribution in [0.15, 0.2) is 70.2 Å². The molecule has 0 atom stereocenters. The molecule has 10 heteroatoms. The lowest BCUT2D eigenvalue weighted by Gasteiger charge is -2.14. The Kier molecular flexibility index (Phi) is 8.69. The molecular formula is C24H21BrFN3O5. The summed E-state index contributed by atoms with van der Waals surface area (Å²) >= 11 is 3.43. The summed E-state index contributed by atoms with van der Waals surface area (Å²) in [4.78, 5) is 22.8. The average Bonchev–Trinajstić information content (AvgIpc) is 2.81. The topological polar surface area (TPSA) is 103 Å². The number of hydrogen-bond donors (Lipinski definition) is 1. The van der Waals surface area contributed by atoms with Crippen LogP contribution >= 0.6 is 15.9 Å². The van der Waals surface area contributed by atoms with Gasteiger partial charge >= 0.3 is 0 Å². The number of rotatable bonds is 10. The number of hydrazone groups is 1. The van der Waals surface area contributed by atoms with E-state index >= 15 is 0 Å². The van der Waals surface area contributed by atoms with Gasteiger partial charge in [0.1, 0.15) is 12.4 Å². The van der Waals surface area contributed by atoms with E-state index in [9.17, 15) is 19.3 Å². The number of nitro benzene ring substituents is 1. The summed E-state index contributed by atoms with van der Waals surface area (Å²) < 4.78 is 25.9. The molecule has 0 saturated heterocycles. The molecule has 0 heterocycles. The monoisotopic (exact) mass is 529 g/mol. The molecule has 3 aromatic rings. The van der Waals surface area contributed by atoms with Crippen LogP contribution in [0.25, 0.3) is 0 Å². The maximum absolute atomic E-state index is 13.9. The molecule has 3 rings (SSSR count). The number of ether oxygens (including phenoxy) is 2. The third-order valence-corrected chi connectivity index (χ3v) is 5.32. The number of benzene rings is 3. The maximum atomic E-state index is 13.9. The minimum absolute atomic E-state index is 0.0221. The third-order valence-electron chi connectivity index (χ3n) is 4.64. The highest BCUT2D eigenvalue weighted by molar-refractivity contribution is 9.10. The summed E-state index contributed by atoms with van der Waals surface area (Å²) in [6.07, 6.45) is 1.22. The molecule has 0 aliphatic carbocycles. The molecule has 0 aliphatic rings. The van der Waals surface area contributed by atoms with Crippen molar-refractivity contribution in [3.8, 4) is 11.5 Å². The van der Waals surface area contributed by atoms with Crippen LogP contribution in [0.5, 0.6) is 11.5 Å². The molecule has 0 aromatic heterocycles. The van der Waals surface area contributed by atoms with Gasteiger partial charge in [-0.05, 0) is 41.1 Å². The lowest BCUT2D eigenvalue weighted by Crippen LogP contribution is -2.20. The fourth-order valence-electron chi connectivity index (χ4n) is 3.03. The molecule has 8 nitrogen and oxygen atoms in total. The molecule has 1 N–H and O–H groups in total. The molecule has 0 bridgehead atoms. The van der Waals surface area contributed by atoms with E-state index in [-0.39, 0.29) is 30.1 Å². The summed E-state index contributed by atoms with van der Waals surface area (Å²) in [7, 11) is 0. The molecular weight excluding hydrogens is 509 g/mol. The molecule has 0 fully saturated rings. The largest absolute Gasteiger partial charge is 0.490 e. The Morgan fingerprint density at radius 3 is 2.50 bits per heavy atom.